The number of aromatic nitrogens is 3. The van der Waals surface area contributed by atoms with E-state index in [2.05, 4.69) is 24.2 Å². The Kier molecular flexibility index (Phi) is 2.66. The second kappa shape index (κ2) is 4.33. The van der Waals surface area contributed by atoms with Crippen molar-refractivity contribution in [3.63, 3.8) is 0 Å². The van der Waals surface area contributed by atoms with Gasteiger partial charge in [0, 0.05) is 6.20 Å². The normalized spacial score (nSPS) is 13.3. The van der Waals surface area contributed by atoms with E-state index in [1.807, 2.05) is 29.1 Å². The first-order chi connectivity index (χ1) is 8.72. The first-order valence-corrected chi connectivity index (χ1v) is 6.01. The summed E-state index contributed by atoms with van der Waals surface area (Å²) < 4.78 is 12.5. The number of nitrogens with zero attached hydrogens (tertiary/aromatic N) is 3. The van der Waals surface area contributed by atoms with Crippen LogP contribution in [-0.4, -0.2) is 21.8 Å². The molecule has 0 atom stereocenters. The van der Waals surface area contributed by atoms with Crippen molar-refractivity contribution < 1.29 is 9.47 Å². The van der Waals surface area contributed by atoms with Crippen molar-refractivity contribution in [3.8, 4) is 11.5 Å². The molecular weight excluding hydrogens is 230 g/mol. The molecular formula is C13H15N3O2. The summed E-state index contributed by atoms with van der Waals surface area (Å²) in [5, 5.41) is 8.26. The van der Waals surface area contributed by atoms with Gasteiger partial charge in [-0.2, -0.15) is 0 Å². The first kappa shape index (κ1) is 11.1. The predicted octanol–water partition coefficient (Wildman–Crippen LogP) is 2.18. The third-order valence-corrected chi connectivity index (χ3v) is 2.93. The van der Waals surface area contributed by atoms with Gasteiger partial charge in [0.1, 0.15) is 0 Å². The second-order valence-electron chi connectivity index (χ2n) is 4.68. The molecule has 0 N–H and O–H groups in total. The van der Waals surface area contributed by atoms with E-state index in [0.717, 1.165) is 22.8 Å². The molecule has 1 aliphatic heterocycles. The molecule has 0 fully saturated rings. The number of ether oxygens (including phenoxy) is 2. The van der Waals surface area contributed by atoms with Gasteiger partial charge < -0.3 is 9.47 Å². The molecule has 0 saturated heterocycles. The number of fused-ring (bicyclic) bond motifs is 1. The van der Waals surface area contributed by atoms with Crippen LogP contribution in [-0.2, 0) is 6.54 Å². The minimum Gasteiger partial charge on any atom is -0.454 e. The fraction of sp³-hybridized carbons (Fsp3) is 0.385. The van der Waals surface area contributed by atoms with Gasteiger partial charge in [0.25, 0.3) is 0 Å². The van der Waals surface area contributed by atoms with Gasteiger partial charge in [-0.1, -0.05) is 25.1 Å². The standard InChI is InChI=1S/C13H15N3O2/c1-9(2)11-7-16(15-14-11)6-10-3-4-12-13(5-10)18-8-17-12/h3-5,7,9H,6,8H2,1-2H3. The van der Waals surface area contributed by atoms with E-state index in [9.17, 15) is 0 Å². The highest BCUT2D eigenvalue weighted by atomic mass is 16.7. The molecule has 1 aromatic carbocycles. The summed E-state index contributed by atoms with van der Waals surface area (Å²) in [6.07, 6.45) is 1.98. The lowest BCUT2D eigenvalue weighted by Gasteiger charge is -2.02. The van der Waals surface area contributed by atoms with Crippen molar-refractivity contribution in [2.75, 3.05) is 6.79 Å². The Balaban J connectivity index is 1.79. The highest BCUT2D eigenvalue weighted by Gasteiger charge is 2.13. The zero-order chi connectivity index (χ0) is 12.5. The molecule has 0 radical (unpaired) electrons. The Labute approximate surface area is 105 Å². The van der Waals surface area contributed by atoms with Crippen LogP contribution in [0.5, 0.6) is 11.5 Å². The van der Waals surface area contributed by atoms with E-state index in [1.54, 1.807) is 0 Å². The molecule has 0 unspecified atom stereocenters. The van der Waals surface area contributed by atoms with Gasteiger partial charge >= 0.3 is 0 Å². The van der Waals surface area contributed by atoms with Gasteiger partial charge in [-0.25, -0.2) is 4.68 Å². The summed E-state index contributed by atoms with van der Waals surface area (Å²) in [6.45, 7) is 5.21. The van der Waals surface area contributed by atoms with Crippen molar-refractivity contribution in [2.24, 2.45) is 0 Å². The monoisotopic (exact) mass is 245 g/mol. The van der Waals surface area contributed by atoms with Crippen molar-refractivity contribution in [3.05, 3.63) is 35.7 Å². The molecule has 0 saturated carbocycles. The minimum absolute atomic E-state index is 0.305. The first-order valence-electron chi connectivity index (χ1n) is 6.01. The molecule has 94 valence electrons. The van der Waals surface area contributed by atoms with Crippen LogP contribution in [0, 0.1) is 0 Å². The maximum Gasteiger partial charge on any atom is 0.231 e. The van der Waals surface area contributed by atoms with E-state index in [0.29, 0.717) is 19.3 Å². The Morgan fingerprint density at radius 3 is 2.89 bits per heavy atom. The predicted molar refractivity (Wildman–Crippen MR) is 65.8 cm³/mol. The van der Waals surface area contributed by atoms with Crippen LogP contribution in [0.15, 0.2) is 24.4 Å². The lowest BCUT2D eigenvalue weighted by molar-refractivity contribution is 0.174. The molecule has 2 aromatic rings. The fourth-order valence-electron chi connectivity index (χ4n) is 1.88. The molecule has 5 nitrogen and oxygen atoms in total. The van der Waals surface area contributed by atoms with Gasteiger partial charge in [0.05, 0.1) is 12.2 Å². The summed E-state index contributed by atoms with van der Waals surface area (Å²) in [6, 6.07) is 5.93. The third-order valence-electron chi connectivity index (χ3n) is 2.93. The van der Waals surface area contributed by atoms with Crippen molar-refractivity contribution in [2.45, 2.75) is 26.3 Å². The highest BCUT2D eigenvalue weighted by molar-refractivity contribution is 5.44. The number of hydrogen-bond acceptors (Lipinski definition) is 4. The quantitative estimate of drug-likeness (QED) is 0.831. The smallest absolute Gasteiger partial charge is 0.231 e. The van der Waals surface area contributed by atoms with Crippen LogP contribution in [0.2, 0.25) is 0 Å². The third kappa shape index (κ3) is 2.03. The summed E-state index contributed by atoms with van der Waals surface area (Å²) in [4.78, 5) is 0. The fourth-order valence-corrected chi connectivity index (χ4v) is 1.88. The highest BCUT2D eigenvalue weighted by Crippen LogP contribution is 2.32. The Hall–Kier alpha value is -2.04. The molecule has 1 aliphatic rings. The topological polar surface area (TPSA) is 49.2 Å². The van der Waals surface area contributed by atoms with Crippen LogP contribution in [0.4, 0.5) is 0 Å². The van der Waals surface area contributed by atoms with Crippen LogP contribution in [0.25, 0.3) is 0 Å². The molecule has 5 heteroatoms. The lowest BCUT2D eigenvalue weighted by Crippen LogP contribution is -2.00. The largest absolute Gasteiger partial charge is 0.454 e. The molecule has 2 heterocycles. The summed E-state index contributed by atoms with van der Waals surface area (Å²) in [5.41, 5.74) is 2.13. The summed E-state index contributed by atoms with van der Waals surface area (Å²) >= 11 is 0. The minimum atomic E-state index is 0.305. The van der Waals surface area contributed by atoms with E-state index in [4.69, 9.17) is 9.47 Å². The molecule has 0 amide bonds. The van der Waals surface area contributed by atoms with Gasteiger partial charge in [0.2, 0.25) is 6.79 Å². The molecule has 3 rings (SSSR count). The molecule has 0 aliphatic carbocycles. The van der Waals surface area contributed by atoms with Crippen molar-refractivity contribution >= 4 is 0 Å². The second-order valence-corrected chi connectivity index (χ2v) is 4.68. The zero-order valence-electron chi connectivity index (χ0n) is 10.5. The van der Waals surface area contributed by atoms with Gasteiger partial charge in [-0.15, -0.1) is 5.10 Å². The average Bonchev–Trinajstić information content (AvgIpc) is 2.96. The number of hydrogen-bond donors (Lipinski definition) is 0. The summed E-state index contributed by atoms with van der Waals surface area (Å²) in [7, 11) is 0. The molecule has 18 heavy (non-hydrogen) atoms. The van der Waals surface area contributed by atoms with Crippen molar-refractivity contribution in [1.82, 2.24) is 15.0 Å². The summed E-state index contributed by atoms with van der Waals surface area (Å²) in [5.74, 6) is 2.01. The van der Waals surface area contributed by atoms with Crippen LogP contribution < -0.4 is 9.47 Å². The SMILES string of the molecule is CC(C)c1cn(Cc2ccc3c(c2)OCO3)nn1. The Bertz CT molecular complexity index is 563. The maximum atomic E-state index is 5.35. The van der Waals surface area contributed by atoms with Gasteiger partial charge in [-0.05, 0) is 23.6 Å². The Morgan fingerprint density at radius 2 is 2.11 bits per heavy atom. The van der Waals surface area contributed by atoms with Crippen molar-refractivity contribution in [1.29, 1.82) is 0 Å². The number of rotatable bonds is 3. The van der Waals surface area contributed by atoms with E-state index in [1.165, 1.54) is 0 Å². The number of benzene rings is 1. The molecule has 1 aromatic heterocycles. The van der Waals surface area contributed by atoms with E-state index in [-0.39, 0.29) is 0 Å². The molecule has 0 bridgehead atoms. The van der Waals surface area contributed by atoms with Crippen LogP contribution >= 0.6 is 0 Å². The van der Waals surface area contributed by atoms with E-state index < -0.39 is 0 Å². The van der Waals surface area contributed by atoms with Crippen LogP contribution in [0.3, 0.4) is 0 Å². The average molecular weight is 245 g/mol. The maximum absolute atomic E-state index is 5.35. The van der Waals surface area contributed by atoms with Gasteiger partial charge in [0.15, 0.2) is 11.5 Å². The Morgan fingerprint density at radius 1 is 1.28 bits per heavy atom. The van der Waals surface area contributed by atoms with Gasteiger partial charge in [-0.3, -0.25) is 0 Å². The van der Waals surface area contributed by atoms with E-state index >= 15 is 0 Å². The zero-order valence-corrected chi connectivity index (χ0v) is 10.5. The molecule has 0 spiro atoms. The van der Waals surface area contributed by atoms with Crippen LogP contribution in [0.1, 0.15) is 31.0 Å². The lowest BCUT2D eigenvalue weighted by atomic mass is 10.1.